The Balaban J connectivity index is 1.71. The van der Waals surface area contributed by atoms with Gasteiger partial charge in [0.25, 0.3) is 0 Å². The fourth-order valence-corrected chi connectivity index (χ4v) is 3.44. The standard InChI is InChI=1S/C19H25NO/c1-3-19-16(11-12-21-19)13-20-14(2)17-10-6-8-15-7-4-5-9-18(15)17/h4-10,14,16,19-20H,3,11-13H2,1-2H3. The van der Waals surface area contributed by atoms with E-state index in [1.165, 1.54) is 22.8 Å². The van der Waals surface area contributed by atoms with Gasteiger partial charge in [-0.1, -0.05) is 49.4 Å². The van der Waals surface area contributed by atoms with Crippen LogP contribution in [-0.2, 0) is 4.74 Å². The Morgan fingerprint density at radius 3 is 2.86 bits per heavy atom. The normalized spacial score (nSPS) is 23.5. The second-order valence-corrected chi connectivity index (χ2v) is 6.06. The van der Waals surface area contributed by atoms with Gasteiger partial charge in [-0.15, -0.1) is 0 Å². The summed E-state index contributed by atoms with van der Waals surface area (Å²) in [5.41, 5.74) is 1.39. The highest BCUT2D eigenvalue weighted by atomic mass is 16.5. The zero-order valence-electron chi connectivity index (χ0n) is 13.0. The van der Waals surface area contributed by atoms with Gasteiger partial charge in [0.2, 0.25) is 0 Å². The summed E-state index contributed by atoms with van der Waals surface area (Å²) in [5, 5.41) is 6.39. The molecule has 0 aliphatic carbocycles. The van der Waals surface area contributed by atoms with Gasteiger partial charge in [0.1, 0.15) is 0 Å². The molecule has 2 heteroatoms. The minimum Gasteiger partial charge on any atom is -0.378 e. The van der Waals surface area contributed by atoms with Crippen molar-refractivity contribution in [1.29, 1.82) is 0 Å². The lowest BCUT2D eigenvalue weighted by molar-refractivity contribution is 0.0867. The van der Waals surface area contributed by atoms with E-state index in [0.29, 0.717) is 18.1 Å². The summed E-state index contributed by atoms with van der Waals surface area (Å²) in [5.74, 6) is 0.660. The minimum atomic E-state index is 0.370. The Morgan fingerprint density at radius 2 is 2.00 bits per heavy atom. The zero-order chi connectivity index (χ0) is 14.7. The van der Waals surface area contributed by atoms with Crippen molar-refractivity contribution >= 4 is 10.8 Å². The van der Waals surface area contributed by atoms with Gasteiger partial charge in [-0.05, 0) is 42.0 Å². The summed E-state index contributed by atoms with van der Waals surface area (Å²) in [4.78, 5) is 0. The van der Waals surface area contributed by atoms with Crippen molar-refractivity contribution in [3.63, 3.8) is 0 Å². The van der Waals surface area contributed by atoms with Crippen LogP contribution in [0, 0.1) is 5.92 Å². The number of hydrogen-bond donors (Lipinski definition) is 1. The van der Waals surface area contributed by atoms with Crippen molar-refractivity contribution in [1.82, 2.24) is 5.32 Å². The highest BCUT2D eigenvalue weighted by Crippen LogP contribution is 2.26. The van der Waals surface area contributed by atoms with Gasteiger partial charge in [-0.2, -0.15) is 0 Å². The molecule has 2 nitrogen and oxygen atoms in total. The van der Waals surface area contributed by atoms with E-state index in [4.69, 9.17) is 4.74 Å². The predicted molar refractivity (Wildman–Crippen MR) is 88.5 cm³/mol. The van der Waals surface area contributed by atoms with E-state index in [1.807, 2.05) is 0 Å². The highest BCUT2D eigenvalue weighted by molar-refractivity contribution is 5.86. The lowest BCUT2D eigenvalue weighted by atomic mass is 9.97. The average molecular weight is 283 g/mol. The first-order chi connectivity index (χ1) is 10.3. The molecule has 1 N–H and O–H groups in total. The number of benzene rings is 2. The molecule has 3 atom stereocenters. The molecule has 0 saturated carbocycles. The smallest absolute Gasteiger partial charge is 0.0613 e. The maximum atomic E-state index is 5.78. The summed E-state index contributed by atoms with van der Waals surface area (Å²) in [6.45, 7) is 6.45. The molecule has 0 radical (unpaired) electrons. The number of rotatable bonds is 5. The van der Waals surface area contributed by atoms with Gasteiger partial charge >= 0.3 is 0 Å². The molecule has 112 valence electrons. The molecule has 21 heavy (non-hydrogen) atoms. The third-order valence-corrected chi connectivity index (χ3v) is 4.72. The maximum Gasteiger partial charge on any atom is 0.0613 e. The van der Waals surface area contributed by atoms with Gasteiger partial charge < -0.3 is 10.1 Å². The molecule has 1 heterocycles. The third-order valence-electron chi connectivity index (χ3n) is 4.72. The Hall–Kier alpha value is -1.38. The summed E-state index contributed by atoms with van der Waals surface area (Å²) >= 11 is 0. The van der Waals surface area contributed by atoms with E-state index >= 15 is 0 Å². The Bertz CT molecular complexity index is 590. The van der Waals surface area contributed by atoms with Crippen LogP contribution in [0.5, 0.6) is 0 Å². The molecular formula is C19H25NO. The Morgan fingerprint density at radius 1 is 1.19 bits per heavy atom. The van der Waals surface area contributed by atoms with Gasteiger partial charge in [-0.3, -0.25) is 0 Å². The van der Waals surface area contributed by atoms with Crippen LogP contribution in [-0.4, -0.2) is 19.3 Å². The molecule has 0 spiro atoms. The summed E-state index contributed by atoms with van der Waals surface area (Å²) in [7, 11) is 0. The van der Waals surface area contributed by atoms with Crippen molar-refractivity contribution in [2.75, 3.05) is 13.2 Å². The van der Waals surface area contributed by atoms with Crippen LogP contribution in [0.1, 0.15) is 38.3 Å². The second kappa shape index (κ2) is 6.59. The number of hydrogen-bond acceptors (Lipinski definition) is 2. The fourth-order valence-electron chi connectivity index (χ4n) is 3.44. The first kappa shape index (κ1) is 14.6. The molecular weight excluding hydrogens is 258 g/mol. The summed E-state index contributed by atoms with van der Waals surface area (Å²) in [6.07, 6.45) is 2.75. The molecule has 1 fully saturated rings. The van der Waals surface area contributed by atoms with Gasteiger partial charge in [0.15, 0.2) is 0 Å². The van der Waals surface area contributed by atoms with Crippen LogP contribution in [0.3, 0.4) is 0 Å². The second-order valence-electron chi connectivity index (χ2n) is 6.06. The Kier molecular flexibility index (Phi) is 4.57. The summed E-state index contributed by atoms with van der Waals surface area (Å²) in [6, 6.07) is 15.6. The van der Waals surface area contributed by atoms with Crippen molar-refractivity contribution < 1.29 is 4.74 Å². The minimum absolute atomic E-state index is 0.370. The van der Waals surface area contributed by atoms with Crippen LogP contribution < -0.4 is 5.32 Å². The molecule has 0 bridgehead atoms. The van der Waals surface area contributed by atoms with Crippen molar-refractivity contribution in [3.8, 4) is 0 Å². The van der Waals surface area contributed by atoms with Crippen molar-refractivity contribution in [3.05, 3.63) is 48.0 Å². The van der Waals surface area contributed by atoms with E-state index in [9.17, 15) is 0 Å². The number of ether oxygens (including phenoxy) is 1. The lowest BCUT2D eigenvalue weighted by Gasteiger charge is -2.22. The number of nitrogens with one attached hydrogen (secondary N) is 1. The molecule has 3 rings (SSSR count). The average Bonchev–Trinajstić information content (AvgIpc) is 2.99. The topological polar surface area (TPSA) is 21.3 Å². The van der Waals surface area contributed by atoms with Crippen molar-refractivity contribution in [2.45, 2.75) is 38.8 Å². The Labute approximate surface area is 127 Å². The third kappa shape index (κ3) is 3.12. The monoisotopic (exact) mass is 283 g/mol. The van der Waals surface area contributed by atoms with E-state index in [1.54, 1.807) is 0 Å². The molecule has 2 aromatic rings. The first-order valence-corrected chi connectivity index (χ1v) is 8.12. The predicted octanol–water partition coefficient (Wildman–Crippen LogP) is 4.31. The van der Waals surface area contributed by atoms with Crippen LogP contribution in [0.2, 0.25) is 0 Å². The number of fused-ring (bicyclic) bond motifs is 1. The first-order valence-electron chi connectivity index (χ1n) is 8.12. The van der Waals surface area contributed by atoms with Gasteiger partial charge in [0.05, 0.1) is 6.10 Å². The van der Waals surface area contributed by atoms with Crippen molar-refractivity contribution in [2.24, 2.45) is 5.92 Å². The zero-order valence-corrected chi connectivity index (χ0v) is 13.0. The van der Waals surface area contributed by atoms with E-state index in [2.05, 4.69) is 61.6 Å². The largest absolute Gasteiger partial charge is 0.378 e. The van der Waals surface area contributed by atoms with Crippen LogP contribution >= 0.6 is 0 Å². The van der Waals surface area contributed by atoms with Crippen LogP contribution in [0.4, 0.5) is 0 Å². The van der Waals surface area contributed by atoms with E-state index in [-0.39, 0.29) is 0 Å². The van der Waals surface area contributed by atoms with E-state index in [0.717, 1.165) is 19.6 Å². The molecule has 0 aromatic heterocycles. The molecule has 0 amide bonds. The molecule has 2 aromatic carbocycles. The molecule has 3 unspecified atom stereocenters. The van der Waals surface area contributed by atoms with E-state index < -0.39 is 0 Å². The molecule has 1 saturated heterocycles. The highest BCUT2D eigenvalue weighted by Gasteiger charge is 2.26. The van der Waals surface area contributed by atoms with Crippen LogP contribution in [0.15, 0.2) is 42.5 Å². The van der Waals surface area contributed by atoms with Gasteiger partial charge in [0, 0.05) is 19.2 Å². The SMILES string of the molecule is CCC1OCCC1CNC(C)c1cccc2ccccc12. The van der Waals surface area contributed by atoms with Crippen LogP contribution in [0.25, 0.3) is 10.8 Å². The molecule has 1 aliphatic rings. The fraction of sp³-hybridized carbons (Fsp3) is 0.474. The maximum absolute atomic E-state index is 5.78. The summed E-state index contributed by atoms with van der Waals surface area (Å²) < 4.78 is 5.78. The quantitative estimate of drug-likeness (QED) is 0.883. The van der Waals surface area contributed by atoms with Gasteiger partial charge in [-0.25, -0.2) is 0 Å². The molecule has 1 aliphatic heterocycles. The lowest BCUT2D eigenvalue weighted by Crippen LogP contribution is -2.30.